The highest BCUT2D eigenvalue weighted by molar-refractivity contribution is 6.01. The fourth-order valence-corrected chi connectivity index (χ4v) is 3.95. The first-order chi connectivity index (χ1) is 16.6. The first-order valence-electron chi connectivity index (χ1n) is 11.8. The fraction of sp³-hybridized carbons (Fsp3) is 0.462. The highest BCUT2D eigenvalue weighted by atomic mass is 19.4. The van der Waals surface area contributed by atoms with Gasteiger partial charge in [-0.1, -0.05) is 37.1 Å². The van der Waals surface area contributed by atoms with Gasteiger partial charge in [-0.05, 0) is 67.9 Å². The smallest absolute Gasteiger partial charge is 0.389 e. The van der Waals surface area contributed by atoms with Crippen LogP contribution in [0.5, 0.6) is 5.75 Å². The fourth-order valence-electron chi connectivity index (χ4n) is 3.95. The molecule has 1 saturated carbocycles. The molecule has 0 aromatic heterocycles. The number of amides is 2. The van der Waals surface area contributed by atoms with Crippen LogP contribution in [0, 0.1) is 12.8 Å². The van der Waals surface area contributed by atoms with Crippen LogP contribution in [0.3, 0.4) is 0 Å². The normalized spacial score (nSPS) is 17.1. The SMILES string of the molecule is CCCCc1cc([C@@H]2C[C@@H]2C(=O)O)cc(NC(=O)Nc2ccc(C)cc2)c1OCCCC(F)(F)F. The molecule has 6 nitrogen and oxygen atoms in total. The third-order valence-corrected chi connectivity index (χ3v) is 5.93. The molecule has 0 radical (unpaired) electrons. The van der Waals surface area contributed by atoms with E-state index in [9.17, 15) is 27.9 Å². The van der Waals surface area contributed by atoms with Crippen LogP contribution < -0.4 is 15.4 Å². The van der Waals surface area contributed by atoms with Crippen LogP contribution in [0.15, 0.2) is 36.4 Å². The van der Waals surface area contributed by atoms with E-state index < -0.39 is 30.5 Å². The molecule has 3 N–H and O–H groups in total. The van der Waals surface area contributed by atoms with Crippen molar-refractivity contribution in [1.82, 2.24) is 0 Å². The minimum absolute atomic E-state index is 0.159. The number of carbonyl (C=O) groups excluding carboxylic acids is 1. The molecular weight excluding hydrogens is 461 g/mol. The third-order valence-electron chi connectivity index (χ3n) is 5.93. The van der Waals surface area contributed by atoms with Crippen LogP contribution in [-0.2, 0) is 11.2 Å². The Balaban J connectivity index is 1.87. The number of urea groups is 1. The van der Waals surface area contributed by atoms with Crippen molar-refractivity contribution in [2.24, 2.45) is 5.92 Å². The van der Waals surface area contributed by atoms with Crippen LogP contribution in [0.25, 0.3) is 0 Å². The van der Waals surface area contributed by atoms with Crippen molar-refractivity contribution in [2.45, 2.75) is 64.5 Å². The zero-order valence-corrected chi connectivity index (χ0v) is 19.9. The number of aryl methyl sites for hydroxylation is 2. The van der Waals surface area contributed by atoms with Gasteiger partial charge < -0.3 is 20.5 Å². The molecule has 0 heterocycles. The van der Waals surface area contributed by atoms with E-state index in [1.807, 2.05) is 32.0 Å². The van der Waals surface area contributed by atoms with Gasteiger partial charge in [0, 0.05) is 12.1 Å². The van der Waals surface area contributed by atoms with E-state index in [0.717, 1.165) is 29.5 Å². The summed E-state index contributed by atoms with van der Waals surface area (Å²) in [6.07, 6.45) is -2.66. The van der Waals surface area contributed by atoms with Gasteiger partial charge in [-0.2, -0.15) is 13.2 Å². The first-order valence-corrected chi connectivity index (χ1v) is 11.8. The molecule has 190 valence electrons. The van der Waals surface area contributed by atoms with Crippen molar-refractivity contribution in [1.29, 1.82) is 0 Å². The largest absolute Gasteiger partial charge is 0.491 e. The molecule has 2 amide bonds. The van der Waals surface area contributed by atoms with Crippen molar-refractivity contribution in [3.05, 3.63) is 53.1 Å². The number of hydrogen-bond acceptors (Lipinski definition) is 3. The number of halogens is 3. The minimum atomic E-state index is -4.27. The van der Waals surface area contributed by atoms with Crippen LogP contribution in [0.2, 0.25) is 0 Å². The Hall–Kier alpha value is -3.23. The van der Waals surface area contributed by atoms with Crippen molar-refractivity contribution in [3.63, 3.8) is 0 Å². The lowest BCUT2D eigenvalue weighted by Gasteiger charge is -2.19. The molecule has 2 aromatic carbocycles. The number of carboxylic acid groups (broad SMARTS) is 1. The molecular formula is C26H31F3N2O4. The number of carboxylic acids is 1. The Morgan fingerprint density at radius 2 is 1.83 bits per heavy atom. The average Bonchev–Trinajstić information content (AvgIpc) is 3.58. The second kappa shape index (κ2) is 11.5. The van der Waals surface area contributed by atoms with E-state index in [4.69, 9.17) is 4.74 Å². The zero-order valence-electron chi connectivity index (χ0n) is 19.9. The van der Waals surface area contributed by atoms with Gasteiger partial charge in [0.25, 0.3) is 0 Å². The molecule has 2 aromatic rings. The maximum atomic E-state index is 12.8. The molecule has 35 heavy (non-hydrogen) atoms. The van der Waals surface area contributed by atoms with E-state index in [0.29, 0.717) is 30.0 Å². The summed E-state index contributed by atoms with van der Waals surface area (Å²) in [6.45, 7) is 3.79. The van der Waals surface area contributed by atoms with Crippen LogP contribution >= 0.6 is 0 Å². The van der Waals surface area contributed by atoms with Gasteiger partial charge in [0.1, 0.15) is 5.75 Å². The number of carbonyl (C=O) groups is 2. The summed E-state index contributed by atoms with van der Waals surface area (Å²) in [5.74, 6) is -1.20. The van der Waals surface area contributed by atoms with Crippen molar-refractivity contribution < 1.29 is 32.6 Å². The molecule has 0 bridgehead atoms. The molecule has 2 atom stereocenters. The highest BCUT2D eigenvalue weighted by Gasteiger charge is 2.44. The number of ether oxygens (including phenoxy) is 1. The summed E-state index contributed by atoms with van der Waals surface area (Å²) in [5.41, 5.74) is 3.46. The third kappa shape index (κ3) is 7.90. The van der Waals surface area contributed by atoms with Gasteiger partial charge >= 0.3 is 18.2 Å². The van der Waals surface area contributed by atoms with Gasteiger partial charge in [0.15, 0.2) is 0 Å². The monoisotopic (exact) mass is 492 g/mol. The van der Waals surface area contributed by atoms with Gasteiger partial charge in [0.2, 0.25) is 0 Å². The van der Waals surface area contributed by atoms with Crippen molar-refractivity contribution in [2.75, 3.05) is 17.2 Å². The van der Waals surface area contributed by atoms with E-state index in [1.54, 1.807) is 18.2 Å². The topological polar surface area (TPSA) is 87.7 Å². The summed E-state index contributed by atoms with van der Waals surface area (Å²) in [5, 5.41) is 14.9. The average molecular weight is 493 g/mol. The van der Waals surface area contributed by atoms with Crippen molar-refractivity contribution >= 4 is 23.4 Å². The number of unbranched alkanes of at least 4 members (excludes halogenated alkanes) is 1. The summed E-state index contributed by atoms with van der Waals surface area (Å²) in [6, 6.07) is 10.2. The molecule has 0 spiro atoms. The van der Waals surface area contributed by atoms with Gasteiger partial charge in [0.05, 0.1) is 18.2 Å². The van der Waals surface area contributed by atoms with Gasteiger partial charge in [-0.25, -0.2) is 4.79 Å². The quantitative estimate of drug-likeness (QED) is 0.298. The predicted molar refractivity (Wildman–Crippen MR) is 128 cm³/mol. The van der Waals surface area contributed by atoms with E-state index in [2.05, 4.69) is 10.6 Å². The number of anilines is 2. The molecule has 9 heteroatoms. The lowest BCUT2D eigenvalue weighted by molar-refractivity contribution is -0.138. The van der Waals surface area contributed by atoms with E-state index in [1.165, 1.54) is 0 Å². The lowest BCUT2D eigenvalue weighted by atomic mass is 9.99. The molecule has 0 aliphatic heterocycles. The predicted octanol–water partition coefficient (Wildman–Crippen LogP) is 6.89. The van der Waals surface area contributed by atoms with Crippen LogP contribution in [0.4, 0.5) is 29.3 Å². The summed E-state index contributed by atoms with van der Waals surface area (Å²) in [4.78, 5) is 24.2. The molecule has 0 unspecified atom stereocenters. The Morgan fingerprint density at radius 1 is 1.11 bits per heavy atom. The number of alkyl halides is 3. The zero-order chi connectivity index (χ0) is 25.6. The molecule has 1 fully saturated rings. The summed E-state index contributed by atoms with van der Waals surface area (Å²) in [7, 11) is 0. The standard InChI is InChI=1S/C26H31F3N2O4/c1-3-4-6-17-13-18(20-15-21(20)24(32)33)14-22(23(17)35-12-5-11-26(27,28)29)31-25(34)30-19-9-7-16(2)8-10-19/h7-10,13-14,20-21H,3-6,11-12,15H2,1-2H3,(H,32,33)(H2,30,31,34)/t20-,21-/m0/s1. The van der Waals surface area contributed by atoms with Gasteiger partial charge in [-0.3, -0.25) is 4.79 Å². The van der Waals surface area contributed by atoms with E-state index >= 15 is 0 Å². The number of nitrogens with one attached hydrogen (secondary N) is 2. The Bertz CT molecular complexity index is 1040. The molecule has 1 aliphatic carbocycles. The number of rotatable bonds is 11. The second-order valence-electron chi connectivity index (χ2n) is 8.96. The summed E-state index contributed by atoms with van der Waals surface area (Å²) < 4.78 is 43.6. The second-order valence-corrected chi connectivity index (χ2v) is 8.96. The minimum Gasteiger partial charge on any atom is -0.491 e. The van der Waals surface area contributed by atoms with Crippen LogP contribution in [0.1, 0.15) is 61.6 Å². The number of benzene rings is 2. The lowest BCUT2D eigenvalue weighted by Crippen LogP contribution is -2.20. The van der Waals surface area contributed by atoms with Gasteiger partial charge in [-0.15, -0.1) is 0 Å². The molecule has 0 saturated heterocycles. The Kier molecular flexibility index (Phi) is 8.64. The molecule has 1 aliphatic rings. The van der Waals surface area contributed by atoms with Crippen molar-refractivity contribution in [3.8, 4) is 5.75 Å². The summed E-state index contributed by atoms with van der Waals surface area (Å²) >= 11 is 0. The maximum Gasteiger partial charge on any atom is 0.389 e. The number of hydrogen-bond donors (Lipinski definition) is 3. The van der Waals surface area contributed by atoms with E-state index in [-0.39, 0.29) is 18.9 Å². The maximum absolute atomic E-state index is 12.8. The first kappa shape index (κ1) is 26.4. The number of aliphatic carboxylic acids is 1. The Labute approximate surface area is 202 Å². The van der Waals surface area contributed by atoms with Crippen LogP contribution in [-0.4, -0.2) is 29.9 Å². The Morgan fingerprint density at radius 3 is 2.43 bits per heavy atom. The molecule has 3 rings (SSSR count). The highest BCUT2D eigenvalue weighted by Crippen LogP contribution is 2.49.